The summed E-state index contributed by atoms with van der Waals surface area (Å²) in [6, 6.07) is 8.07. The molecule has 154 valence electrons. The summed E-state index contributed by atoms with van der Waals surface area (Å²) >= 11 is 0. The molecule has 0 saturated heterocycles. The summed E-state index contributed by atoms with van der Waals surface area (Å²) in [5.41, 5.74) is 1.86. The van der Waals surface area contributed by atoms with E-state index < -0.39 is 11.2 Å². The largest absolute Gasteiger partial charge is 0.348 e. The third-order valence-electron chi connectivity index (χ3n) is 5.03. The summed E-state index contributed by atoms with van der Waals surface area (Å²) in [6.45, 7) is 6.23. The Bertz CT molecular complexity index is 1150. The van der Waals surface area contributed by atoms with Gasteiger partial charge in [0.1, 0.15) is 6.54 Å². The summed E-state index contributed by atoms with van der Waals surface area (Å²) in [7, 11) is 2.96. The number of hydrogen-bond acceptors (Lipinski definition) is 4. The average molecular weight is 397 g/mol. The van der Waals surface area contributed by atoms with Gasteiger partial charge in [0.05, 0.1) is 12.4 Å². The van der Waals surface area contributed by atoms with Crippen LogP contribution in [0, 0.1) is 5.92 Å². The maximum Gasteiger partial charge on any atom is 0.332 e. The number of carbonyl (C=O) groups excluding carboxylic acids is 1. The molecule has 1 N–H and O–H groups in total. The van der Waals surface area contributed by atoms with Crippen molar-refractivity contribution in [2.75, 3.05) is 0 Å². The smallest absolute Gasteiger partial charge is 0.332 e. The van der Waals surface area contributed by atoms with E-state index in [2.05, 4.69) is 36.3 Å². The zero-order valence-electron chi connectivity index (χ0n) is 17.5. The Morgan fingerprint density at radius 2 is 1.72 bits per heavy atom. The van der Waals surface area contributed by atoms with E-state index in [4.69, 9.17) is 0 Å². The van der Waals surface area contributed by atoms with Gasteiger partial charge in [-0.2, -0.15) is 0 Å². The van der Waals surface area contributed by atoms with Gasteiger partial charge in [0.25, 0.3) is 5.56 Å². The molecule has 0 bridgehead atoms. The third-order valence-corrected chi connectivity index (χ3v) is 5.03. The van der Waals surface area contributed by atoms with Gasteiger partial charge in [-0.15, -0.1) is 0 Å². The molecular weight excluding hydrogens is 370 g/mol. The highest BCUT2D eigenvalue weighted by Crippen LogP contribution is 2.16. The fourth-order valence-corrected chi connectivity index (χ4v) is 3.46. The Morgan fingerprint density at radius 1 is 1.07 bits per heavy atom. The molecule has 1 amide bonds. The summed E-state index contributed by atoms with van der Waals surface area (Å²) in [5, 5.41) is 2.95. The fraction of sp³-hybridized carbons (Fsp3) is 0.429. The van der Waals surface area contributed by atoms with Gasteiger partial charge in [0, 0.05) is 14.1 Å². The minimum absolute atomic E-state index is 0.0558. The molecule has 1 unspecified atom stereocenters. The van der Waals surface area contributed by atoms with Gasteiger partial charge in [0.15, 0.2) is 11.2 Å². The van der Waals surface area contributed by atoms with Crippen molar-refractivity contribution < 1.29 is 4.79 Å². The van der Waals surface area contributed by atoms with Crippen molar-refractivity contribution in [2.45, 2.75) is 39.8 Å². The standard InChI is InChI=1S/C21H27N5O3/c1-13(2)10-15-6-8-16(9-7-15)14(3)23-17(27)11-26-12-22-19-18(26)20(28)25(5)21(29)24(19)4/h6-9,12-14H,10-11H2,1-5H3,(H,23,27). The van der Waals surface area contributed by atoms with Crippen molar-refractivity contribution in [1.29, 1.82) is 0 Å². The van der Waals surface area contributed by atoms with Crippen molar-refractivity contribution in [3.05, 3.63) is 62.6 Å². The van der Waals surface area contributed by atoms with Crippen molar-refractivity contribution in [1.82, 2.24) is 24.0 Å². The van der Waals surface area contributed by atoms with Gasteiger partial charge in [-0.25, -0.2) is 9.78 Å². The van der Waals surface area contributed by atoms with Crippen LogP contribution in [0.15, 0.2) is 40.2 Å². The Labute approximate surface area is 168 Å². The van der Waals surface area contributed by atoms with Crippen LogP contribution in [-0.4, -0.2) is 24.6 Å². The molecule has 3 aromatic rings. The highest BCUT2D eigenvalue weighted by Gasteiger charge is 2.17. The SMILES string of the molecule is CC(C)Cc1ccc(C(C)NC(=O)Cn2cnc3c2c(=O)n(C)c(=O)n3C)cc1. The van der Waals surface area contributed by atoms with Crippen LogP contribution < -0.4 is 16.6 Å². The quantitative estimate of drug-likeness (QED) is 0.683. The van der Waals surface area contributed by atoms with Crippen molar-refractivity contribution in [3.63, 3.8) is 0 Å². The summed E-state index contributed by atoms with van der Waals surface area (Å²) in [5.74, 6) is 0.356. The summed E-state index contributed by atoms with van der Waals surface area (Å²) in [6.07, 6.45) is 2.43. The first kappa shape index (κ1) is 20.6. The van der Waals surface area contributed by atoms with Crippen LogP contribution in [0.2, 0.25) is 0 Å². The second-order valence-corrected chi connectivity index (χ2v) is 7.88. The lowest BCUT2D eigenvalue weighted by Gasteiger charge is -2.16. The van der Waals surface area contributed by atoms with E-state index in [-0.39, 0.29) is 29.7 Å². The molecule has 0 spiro atoms. The number of rotatable bonds is 6. The molecule has 8 heteroatoms. The van der Waals surface area contributed by atoms with E-state index in [9.17, 15) is 14.4 Å². The van der Waals surface area contributed by atoms with Crippen LogP contribution in [0.4, 0.5) is 0 Å². The molecule has 0 radical (unpaired) electrons. The number of nitrogens with one attached hydrogen (secondary N) is 1. The van der Waals surface area contributed by atoms with E-state index in [1.54, 1.807) is 7.05 Å². The molecule has 0 aliphatic heterocycles. The molecule has 0 saturated carbocycles. The van der Waals surface area contributed by atoms with Crippen LogP contribution in [0.25, 0.3) is 11.2 Å². The highest BCUT2D eigenvalue weighted by atomic mass is 16.2. The van der Waals surface area contributed by atoms with E-state index in [1.165, 1.54) is 28.1 Å². The maximum atomic E-state index is 12.6. The number of carbonyl (C=O) groups is 1. The van der Waals surface area contributed by atoms with Crippen LogP contribution in [0.3, 0.4) is 0 Å². The first-order valence-corrected chi connectivity index (χ1v) is 9.68. The Kier molecular flexibility index (Phi) is 5.72. The normalized spacial score (nSPS) is 12.5. The molecule has 8 nitrogen and oxygen atoms in total. The number of nitrogens with zero attached hydrogens (tertiary/aromatic N) is 4. The van der Waals surface area contributed by atoms with Crippen LogP contribution in [-0.2, 0) is 31.9 Å². The van der Waals surface area contributed by atoms with E-state index in [0.29, 0.717) is 5.92 Å². The molecule has 1 atom stereocenters. The van der Waals surface area contributed by atoms with E-state index in [1.807, 2.05) is 19.1 Å². The molecule has 1 aromatic carbocycles. The predicted octanol–water partition coefficient (Wildman–Crippen LogP) is 1.51. The summed E-state index contributed by atoms with van der Waals surface area (Å²) in [4.78, 5) is 41.2. The van der Waals surface area contributed by atoms with Crippen LogP contribution in [0.5, 0.6) is 0 Å². The molecule has 2 aromatic heterocycles. The predicted molar refractivity (Wildman–Crippen MR) is 112 cm³/mol. The first-order chi connectivity index (χ1) is 13.7. The fourth-order valence-electron chi connectivity index (χ4n) is 3.46. The van der Waals surface area contributed by atoms with Gasteiger partial charge in [-0.05, 0) is 30.4 Å². The van der Waals surface area contributed by atoms with Gasteiger partial charge in [-0.3, -0.25) is 18.7 Å². The van der Waals surface area contributed by atoms with Gasteiger partial charge >= 0.3 is 5.69 Å². The zero-order chi connectivity index (χ0) is 21.3. The molecule has 3 rings (SSSR count). The van der Waals surface area contributed by atoms with Crippen LogP contribution in [0.1, 0.15) is 37.9 Å². The highest BCUT2D eigenvalue weighted by molar-refractivity contribution is 5.79. The number of hydrogen-bond donors (Lipinski definition) is 1. The van der Waals surface area contributed by atoms with Crippen molar-refractivity contribution in [3.8, 4) is 0 Å². The number of aromatic nitrogens is 4. The Hall–Kier alpha value is -3.16. The lowest BCUT2D eigenvalue weighted by molar-refractivity contribution is -0.122. The minimum atomic E-state index is -0.470. The van der Waals surface area contributed by atoms with Gasteiger partial charge in [0.2, 0.25) is 5.91 Å². The van der Waals surface area contributed by atoms with E-state index >= 15 is 0 Å². The molecule has 29 heavy (non-hydrogen) atoms. The molecule has 0 aliphatic rings. The topological polar surface area (TPSA) is 90.9 Å². The van der Waals surface area contributed by atoms with Crippen molar-refractivity contribution >= 4 is 17.1 Å². The van der Waals surface area contributed by atoms with Crippen LogP contribution >= 0.6 is 0 Å². The number of aryl methyl sites for hydroxylation is 1. The number of benzene rings is 1. The number of amides is 1. The summed E-state index contributed by atoms with van der Waals surface area (Å²) < 4.78 is 3.79. The molecule has 0 fully saturated rings. The van der Waals surface area contributed by atoms with Gasteiger partial charge in [-0.1, -0.05) is 38.1 Å². The monoisotopic (exact) mass is 397 g/mol. The Balaban J connectivity index is 1.76. The zero-order valence-corrected chi connectivity index (χ0v) is 17.5. The Morgan fingerprint density at radius 3 is 2.34 bits per heavy atom. The second kappa shape index (κ2) is 8.06. The lowest BCUT2D eigenvalue weighted by atomic mass is 10.00. The molecular formula is C21H27N5O3. The number of imidazole rings is 1. The maximum absolute atomic E-state index is 12.6. The minimum Gasteiger partial charge on any atom is -0.348 e. The van der Waals surface area contributed by atoms with E-state index in [0.717, 1.165) is 16.6 Å². The van der Waals surface area contributed by atoms with Gasteiger partial charge < -0.3 is 9.88 Å². The lowest BCUT2D eigenvalue weighted by Crippen LogP contribution is -2.38. The number of fused-ring (bicyclic) bond motifs is 1. The third kappa shape index (κ3) is 4.16. The first-order valence-electron chi connectivity index (χ1n) is 9.68. The average Bonchev–Trinajstić information content (AvgIpc) is 3.08. The molecule has 2 heterocycles. The molecule has 0 aliphatic carbocycles. The van der Waals surface area contributed by atoms with Crippen molar-refractivity contribution in [2.24, 2.45) is 20.0 Å². The second-order valence-electron chi connectivity index (χ2n) is 7.88.